The van der Waals surface area contributed by atoms with Crippen LogP contribution in [0.3, 0.4) is 0 Å². The number of aromatic nitrogens is 2. The number of hydrogen-bond acceptors (Lipinski definition) is 6. The fourth-order valence-corrected chi connectivity index (χ4v) is 2.35. The van der Waals surface area contributed by atoms with Crippen LogP contribution in [0.15, 0.2) is 23.5 Å². The van der Waals surface area contributed by atoms with Gasteiger partial charge in [-0.25, -0.2) is 9.97 Å². The van der Waals surface area contributed by atoms with Gasteiger partial charge in [0.2, 0.25) is 5.95 Å². The Morgan fingerprint density at radius 1 is 1.30 bits per heavy atom. The number of methoxy groups -OCH3 is 1. The number of carbonyl (C=O) groups is 1. The average molecular weight is 320 g/mol. The van der Waals surface area contributed by atoms with Crippen molar-refractivity contribution in [2.75, 3.05) is 51.3 Å². The first-order valence-electron chi connectivity index (χ1n) is 7.86. The Bertz CT molecular complexity index is 514. The molecule has 0 bridgehead atoms. The largest absolute Gasteiger partial charge is 0.469 e. The first-order valence-corrected chi connectivity index (χ1v) is 7.86. The summed E-state index contributed by atoms with van der Waals surface area (Å²) in [5.74, 6) is 1.36. The number of nitrogens with zero attached hydrogens (tertiary/aromatic N) is 5. The molecule has 1 aromatic heterocycles. The van der Waals surface area contributed by atoms with Crippen LogP contribution in [-0.2, 0) is 9.53 Å². The molecule has 0 aliphatic carbocycles. The molecule has 0 saturated carbocycles. The second-order valence-corrected chi connectivity index (χ2v) is 5.08. The van der Waals surface area contributed by atoms with E-state index in [0.717, 1.165) is 44.6 Å². The molecule has 126 valence electrons. The Labute approximate surface area is 136 Å². The third-order valence-corrected chi connectivity index (χ3v) is 3.55. The molecule has 8 heteroatoms. The lowest BCUT2D eigenvalue weighted by Gasteiger charge is -2.36. The molecule has 1 saturated heterocycles. The third-order valence-electron chi connectivity index (χ3n) is 3.55. The van der Waals surface area contributed by atoms with Gasteiger partial charge in [-0.05, 0) is 13.0 Å². The predicted octanol–water partition coefficient (Wildman–Crippen LogP) is 0.127. The van der Waals surface area contributed by atoms with Gasteiger partial charge in [0.05, 0.1) is 20.1 Å². The summed E-state index contributed by atoms with van der Waals surface area (Å²) in [6.45, 7) is 6.60. The predicted molar refractivity (Wildman–Crippen MR) is 88.4 cm³/mol. The molecule has 0 unspecified atom stereocenters. The van der Waals surface area contributed by atoms with E-state index in [9.17, 15) is 4.79 Å². The molecule has 8 nitrogen and oxygen atoms in total. The summed E-state index contributed by atoms with van der Waals surface area (Å²) in [7, 11) is 1.39. The van der Waals surface area contributed by atoms with Gasteiger partial charge in [0.25, 0.3) is 0 Å². The van der Waals surface area contributed by atoms with E-state index in [1.54, 1.807) is 12.4 Å². The lowest BCUT2D eigenvalue weighted by atomic mass is 10.3. The van der Waals surface area contributed by atoms with Gasteiger partial charge in [0.1, 0.15) is 0 Å². The Hall–Kier alpha value is -2.38. The first kappa shape index (κ1) is 17.0. The number of guanidine groups is 1. The van der Waals surface area contributed by atoms with Crippen LogP contribution < -0.4 is 10.2 Å². The van der Waals surface area contributed by atoms with Gasteiger partial charge in [0.15, 0.2) is 5.96 Å². The zero-order valence-corrected chi connectivity index (χ0v) is 13.7. The molecular formula is C15H24N6O2. The van der Waals surface area contributed by atoms with E-state index in [2.05, 4.69) is 34.8 Å². The van der Waals surface area contributed by atoms with E-state index >= 15 is 0 Å². The number of piperazine rings is 1. The van der Waals surface area contributed by atoms with E-state index in [1.807, 2.05) is 13.0 Å². The van der Waals surface area contributed by atoms with Crippen molar-refractivity contribution in [2.45, 2.75) is 13.3 Å². The van der Waals surface area contributed by atoms with Gasteiger partial charge in [-0.1, -0.05) is 0 Å². The van der Waals surface area contributed by atoms with E-state index < -0.39 is 0 Å². The smallest absolute Gasteiger partial charge is 0.307 e. The number of aliphatic imine (C=N–C) groups is 1. The van der Waals surface area contributed by atoms with Crippen LogP contribution in [0.2, 0.25) is 0 Å². The van der Waals surface area contributed by atoms with Crippen molar-refractivity contribution in [2.24, 2.45) is 4.99 Å². The van der Waals surface area contributed by atoms with Crippen molar-refractivity contribution in [3.8, 4) is 0 Å². The molecule has 0 spiro atoms. The van der Waals surface area contributed by atoms with E-state index in [0.29, 0.717) is 13.0 Å². The van der Waals surface area contributed by atoms with Gasteiger partial charge in [-0.2, -0.15) is 0 Å². The SMILES string of the molecule is CCNC(=NCCC(=O)OC)N1CCN(c2ncccn2)CC1. The van der Waals surface area contributed by atoms with Crippen molar-refractivity contribution in [1.82, 2.24) is 20.2 Å². The maximum atomic E-state index is 11.2. The number of carbonyl (C=O) groups excluding carboxylic acids is 1. The van der Waals surface area contributed by atoms with Crippen molar-refractivity contribution < 1.29 is 9.53 Å². The maximum Gasteiger partial charge on any atom is 0.307 e. The number of rotatable bonds is 5. The molecule has 1 aliphatic rings. The van der Waals surface area contributed by atoms with Crippen molar-refractivity contribution in [3.05, 3.63) is 18.5 Å². The highest BCUT2D eigenvalue weighted by atomic mass is 16.5. The number of esters is 1. The summed E-state index contributed by atoms with van der Waals surface area (Å²) in [6, 6.07) is 1.82. The topological polar surface area (TPSA) is 83.0 Å². The van der Waals surface area contributed by atoms with Crippen LogP contribution in [0.5, 0.6) is 0 Å². The molecule has 1 aromatic rings. The minimum Gasteiger partial charge on any atom is -0.469 e. The minimum atomic E-state index is -0.240. The summed E-state index contributed by atoms with van der Waals surface area (Å²) in [6.07, 6.45) is 3.81. The lowest BCUT2D eigenvalue weighted by molar-refractivity contribution is -0.140. The van der Waals surface area contributed by atoms with E-state index in [4.69, 9.17) is 0 Å². The summed E-state index contributed by atoms with van der Waals surface area (Å²) in [4.78, 5) is 28.6. The van der Waals surface area contributed by atoms with E-state index in [1.165, 1.54) is 7.11 Å². The molecule has 0 amide bonds. The molecule has 23 heavy (non-hydrogen) atoms. The highest BCUT2D eigenvalue weighted by Crippen LogP contribution is 2.09. The summed E-state index contributed by atoms with van der Waals surface area (Å²) in [5.41, 5.74) is 0. The zero-order chi connectivity index (χ0) is 16.5. The molecule has 0 aromatic carbocycles. The number of nitrogens with one attached hydrogen (secondary N) is 1. The van der Waals surface area contributed by atoms with Crippen LogP contribution in [0.1, 0.15) is 13.3 Å². The monoisotopic (exact) mass is 320 g/mol. The molecule has 2 rings (SSSR count). The van der Waals surface area contributed by atoms with Crippen LogP contribution in [0, 0.1) is 0 Å². The van der Waals surface area contributed by atoms with Crippen LogP contribution in [-0.4, -0.2) is 73.2 Å². The van der Waals surface area contributed by atoms with Gasteiger partial charge < -0.3 is 19.9 Å². The highest BCUT2D eigenvalue weighted by Gasteiger charge is 2.21. The molecule has 0 atom stereocenters. The fraction of sp³-hybridized carbons (Fsp3) is 0.600. The standard InChI is InChI=1S/C15H24N6O2/c1-3-16-14(19-8-5-13(22)23-2)20-9-11-21(12-10-20)15-17-6-4-7-18-15/h4,6-7H,3,5,8-12H2,1-2H3,(H,16,19). The quantitative estimate of drug-likeness (QED) is 0.469. The van der Waals surface area contributed by atoms with Gasteiger partial charge in [-0.15, -0.1) is 0 Å². The fourth-order valence-electron chi connectivity index (χ4n) is 2.35. The highest BCUT2D eigenvalue weighted by molar-refractivity contribution is 5.80. The first-order chi connectivity index (χ1) is 11.2. The van der Waals surface area contributed by atoms with Crippen molar-refractivity contribution in [1.29, 1.82) is 0 Å². The molecule has 1 aliphatic heterocycles. The summed E-state index contributed by atoms with van der Waals surface area (Å²) < 4.78 is 4.64. The Balaban J connectivity index is 1.89. The van der Waals surface area contributed by atoms with Crippen molar-refractivity contribution in [3.63, 3.8) is 0 Å². The zero-order valence-electron chi connectivity index (χ0n) is 13.7. The third kappa shape index (κ3) is 5.08. The normalized spacial score (nSPS) is 15.5. The molecule has 2 heterocycles. The number of anilines is 1. The second-order valence-electron chi connectivity index (χ2n) is 5.08. The average Bonchev–Trinajstić information content (AvgIpc) is 2.61. The summed E-state index contributed by atoms with van der Waals surface area (Å²) >= 11 is 0. The molecular weight excluding hydrogens is 296 g/mol. The van der Waals surface area contributed by atoms with Gasteiger partial charge in [-0.3, -0.25) is 9.79 Å². The minimum absolute atomic E-state index is 0.240. The Morgan fingerprint density at radius 2 is 2.00 bits per heavy atom. The van der Waals surface area contributed by atoms with E-state index in [-0.39, 0.29) is 5.97 Å². The van der Waals surface area contributed by atoms with Gasteiger partial charge in [0, 0.05) is 45.1 Å². The summed E-state index contributed by atoms with van der Waals surface area (Å²) in [5, 5.41) is 3.27. The molecule has 0 radical (unpaired) electrons. The Kier molecular flexibility index (Phi) is 6.58. The van der Waals surface area contributed by atoms with Crippen LogP contribution in [0.4, 0.5) is 5.95 Å². The second kappa shape index (κ2) is 8.92. The van der Waals surface area contributed by atoms with Crippen LogP contribution >= 0.6 is 0 Å². The maximum absolute atomic E-state index is 11.2. The van der Waals surface area contributed by atoms with Crippen molar-refractivity contribution >= 4 is 17.9 Å². The number of ether oxygens (including phenoxy) is 1. The van der Waals surface area contributed by atoms with Gasteiger partial charge >= 0.3 is 5.97 Å². The lowest BCUT2D eigenvalue weighted by Crippen LogP contribution is -2.53. The molecule has 1 fully saturated rings. The molecule has 1 N–H and O–H groups in total. The Morgan fingerprint density at radius 3 is 2.61 bits per heavy atom. The number of hydrogen-bond donors (Lipinski definition) is 1. The van der Waals surface area contributed by atoms with Crippen LogP contribution in [0.25, 0.3) is 0 Å².